The first-order valence-corrected chi connectivity index (χ1v) is 7.21. The summed E-state index contributed by atoms with van der Waals surface area (Å²) in [5.74, 6) is -0.349. The number of esters is 1. The Hall–Kier alpha value is -2.53. The summed E-state index contributed by atoms with van der Waals surface area (Å²) in [6, 6.07) is 13.0. The van der Waals surface area contributed by atoms with E-state index in [9.17, 15) is 4.79 Å². The molecule has 4 nitrogen and oxygen atoms in total. The van der Waals surface area contributed by atoms with E-state index in [2.05, 4.69) is 9.97 Å². The van der Waals surface area contributed by atoms with Crippen molar-refractivity contribution in [3.63, 3.8) is 0 Å². The summed E-state index contributed by atoms with van der Waals surface area (Å²) in [6.45, 7) is 0. The van der Waals surface area contributed by atoms with Crippen LogP contribution in [0.15, 0.2) is 54.0 Å². The highest BCUT2D eigenvalue weighted by Crippen LogP contribution is 2.28. The minimum Gasteiger partial charge on any atom is -0.465 e. The van der Waals surface area contributed by atoms with Gasteiger partial charge in [-0.25, -0.2) is 9.78 Å². The summed E-state index contributed by atoms with van der Waals surface area (Å²) in [6.07, 6.45) is 1.74. The summed E-state index contributed by atoms with van der Waals surface area (Å²) < 4.78 is 4.74. The molecule has 21 heavy (non-hydrogen) atoms. The van der Waals surface area contributed by atoms with Crippen LogP contribution < -0.4 is 0 Å². The number of ether oxygens (including phenoxy) is 1. The number of nitrogens with zero attached hydrogens (tertiary/aromatic N) is 2. The van der Waals surface area contributed by atoms with Gasteiger partial charge in [0.25, 0.3) is 0 Å². The molecular weight excluding hydrogens is 284 g/mol. The molecule has 0 aliphatic rings. The number of hydrogen-bond acceptors (Lipinski definition) is 5. The second-order valence-electron chi connectivity index (χ2n) is 4.33. The van der Waals surface area contributed by atoms with Crippen molar-refractivity contribution in [2.75, 3.05) is 7.11 Å². The first kappa shape index (κ1) is 13.5. The molecule has 3 rings (SSSR count). The summed E-state index contributed by atoms with van der Waals surface area (Å²) in [4.78, 5) is 20.4. The van der Waals surface area contributed by atoms with Crippen molar-refractivity contribution in [2.24, 2.45) is 0 Å². The van der Waals surface area contributed by atoms with Crippen molar-refractivity contribution < 1.29 is 9.53 Å². The number of carbonyl (C=O) groups excluding carboxylic acids is 1. The molecule has 104 valence electrons. The van der Waals surface area contributed by atoms with Crippen LogP contribution in [0.3, 0.4) is 0 Å². The maximum absolute atomic E-state index is 11.6. The average molecular weight is 296 g/mol. The molecule has 0 aliphatic carbocycles. The Kier molecular flexibility index (Phi) is 3.75. The molecule has 0 aliphatic heterocycles. The first-order chi connectivity index (χ1) is 10.3. The molecule has 0 saturated carbocycles. The maximum atomic E-state index is 11.6. The van der Waals surface area contributed by atoms with Gasteiger partial charge >= 0.3 is 5.97 Å². The summed E-state index contributed by atoms with van der Waals surface area (Å²) in [7, 11) is 1.37. The van der Waals surface area contributed by atoms with Gasteiger partial charge in [-0.15, -0.1) is 11.3 Å². The summed E-state index contributed by atoms with van der Waals surface area (Å²) in [5, 5.41) is 2.81. The van der Waals surface area contributed by atoms with Crippen LogP contribution in [0.5, 0.6) is 0 Å². The lowest BCUT2D eigenvalue weighted by Crippen LogP contribution is -2.00. The van der Waals surface area contributed by atoms with E-state index in [0.29, 0.717) is 5.56 Å². The van der Waals surface area contributed by atoms with Crippen molar-refractivity contribution in [1.29, 1.82) is 0 Å². The Morgan fingerprint density at radius 2 is 2.05 bits per heavy atom. The Labute approximate surface area is 126 Å². The van der Waals surface area contributed by atoms with E-state index in [1.807, 2.05) is 35.7 Å². The minimum absolute atomic E-state index is 0.349. The fourth-order valence-corrected chi connectivity index (χ4v) is 2.75. The molecule has 0 fully saturated rings. The van der Waals surface area contributed by atoms with Crippen LogP contribution in [0.4, 0.5) is 0 Å². The molecule has 0 spiro atoms. The normalized spacial score (nSPS) is 10.3. The number of methoxy groups -OCH3 is 1. The molecule has 0 unspecified atom stereocenters. The van der Waals surface area contributed by atoms with Gasteiger partial charge in [0.05, 0.1) is 18.4 Å². The van der Waals surface area contributed by atoms with Crippen molar-refractivity contribution in [2.45, 2.75) is 0 Å². The molecule has 0 bridgehead atoms. The van der Waals surface area contributed by atoms with Crippen LogP contribution in [0.1, 0.15) is 10.4 Å². The van der Waals surface area contributed by atoms with Crippen molar-refractivity contribution in [1.82, 2.24) is 9.97 Å². The number of rotatable bonds is 3. The van der Waals surface area contributed by atoms with E-state index in [4.69, 9.17) is 4.74 Å². The van der Waals surface area contributed by atoms with Crippen LogP contribution in [0.2, 0.25) is 0 Å². The van der Waals surface area contributed by atoms with Gasteiger partial charge in [-0.1, -0.05) is 18.2 Å². The second-order valence-corrected chi connectivity index (χ2v) is 5.18. The Bertz CT molecular complexity index is 769. The quantitative estimate of drug-likeness (QED) is 0.692. The Morgan fingerprint density at radius 1 is 1.14 bits per heavy atom. The molecule has 2 heterocycles. The zero-order chi connectivity index (χ0) is 14.7. The topological polar surface area (TPSA) is 52.1 Å². The van der Waals surface area contributed by atoms with Crippen LogP contribution in [0.25, 0.3) is 22.0 Å². The molecule has 2 aromatic heterocycles. The molecular formula is C16H12N2O2S. The van der Waals surface area contributed by atoms with Gasteiger partial charge in [0.2, 0.25) is 0 Å². The standard InChI is InChI=1S/C16H12N2O2S/c1-20-16(19)12-6-4-5-11(9-12)15-18-14(10-21-15)13-7-2-3-8-17-13/h2-10H,1H3. The number of carbonyl (C=O) groups is 1. The molecule has 0 radical (unpaired) electrons. The highest BCUT2D eigenvalue weighted by atomic mass is 32.1. The van der Waals surface area contributed by atoms with Gasteiger partial charge in [-0.2, -0.15) is 0 Å². The number of pyridine rings is 1. The predicted molar refractivity (Wildman–Crippen MR) is 82.1 cm³/mol. The van der Waals surface area contributed by atoms with E-state index in [1.165, 1.54) is 18.4 Å². The lowest BCUT2D eigenvalue weighted by molar-refractivity contribution is 0.0601. The monoisotopic (exact) mass is 296 g/mol. The largest absolute Gasteiger partial charge is 0.465 e. The zero-order valence-corrected chi connectivity index (χ0v) is 12.1. The highest BCUT2D eigenvalue weighted by Gasteiger charge is 2.10. The zero-order valence-electron chi connectivity index (χ0n) is 11.3. The van der Waals surface area contributed by atoms with E-state index in [1.54, 1.807) is 18.3 Å². The van der Waals surface area contributed by atoms with E-state index in [-0.39, 0.29) is 5.97 Å². The van der Waals surface area contributed by atoms with Crippen molar-refractivity contribution in [3.8, 4) is 22.0 Å². The number of benzene rings is 1. The predicted octanol–water partition coefficient (Wildman–Crippen LogP) is 3.66. The minimum atomic E-state index is -0.349. The Balaban J connectivity index is 1.95. The van der Waals surface area contributed by atoms with Crippen molar-refractivity contribution >= 4 is 17.3 Å². The SMILES string of the molecule is COC(=O)c1cccc(-c2nc(-c3ccccn3)cs2)c1. The van der Waals surface area contributed by atoms with E-state index < -0.39 is 0 Å². The second kappa shape index (κ2) is 5.85. The summed E-state index contributed by atoms with van der Waals surface area (Å²) >= 11 is 1.52. The van der Waals surface area contributed by atoms with Gasteiger partial charge in [0.15, 0.2) is 0 Å². The third kappa shape index (κ3) is 2.83. The van der Waals surface area contributed by atoms with Crippen LogP contribution in [-0.2, 0) is 4.74 Å². The Morgan fingerprint density at radius 3 is 2.81 bits per heavy atom. The molecule has 5 heteroatoms. The number of aromatic nitrogens is 2. The van der Waals surface area contributed by atoms with Gasteiger partial charge in [0.1, 0.15) is 10.7 Å². The lowest BCUT2D eigenvalue weighted by atomic mass is 10.1. The van der Waals surface area contributed by atoms with Gasteiger partial charge < -0.3 is 4.74 Å². The average Bonchev–Trinajstić information content (AvgIpc) is 3.05. The molecule has 0 amide bonds. The van der Waals surface area contributed by atoms with Crippen LogP contribution in [0, 0.1) is 0 Å². The fourth-order valence-electron chi connectivity index (χ4n) is 1.94. The van der Waals surface area contributed by atoms with Gasteiger partial charge in [-0.3, -0.25) is 4.98 Å². The highest BCUT2D eigenvalue weighted by molar-refractivity contribution is 7.13. The third-order valence-electron chi connectivity index (χ3n) is 2.96. The molecule has 1 aromatic carbocycles. The molecule has 0 atom stereocenters. The fraction of sp³-hybridized carbons (Fsp3) is 0.0625. The van der Waals surface area contributed by atoms with Crippen LogP contribution >= 0.6 is 11.3 Å². The third-order valence-corrected chi connectivity index (χ3v) is 3.85. The van der Waals surface area contributed by atoms with Crippen molar-refractivity contribution in [3.05, 3.63) is 59.6 Å². The van der Waals surface area contributed by atoms with E-state index in [0.717, 1.165) is 22.0 Å². The van der Waals surface area contributed by atoms with Gasteiger partial charge in [-0.05, 0) is 24.3 Å². The number of thiazole rings is 1. The maximum Gasteiger partial charge on any atom is 0.337 e. The molecule has 3 aromatic rings. The summed E-state index contributed by atoms with van der Waals surface area (Å²) in [5.41, 5.74) is 3.08. The smallest absolute Gasteiger partial charge is 0.337 e. The van der Waals surface area contributed by atoms with E-state index >= 15 is 0 Å². The number of hydrogen-bond donors (Lipinski definition) is 0. The molecule has 0 saturated heterocycles. The molecule has 0 N–H and O–H groups in total. The first-order valence-electron chi connectivity index (χ1n) is 6.33. The lowest BCUT2D eigenvalue weighted by Gasteiger charge is -2.01. The van der Waals surface area contributed by atoms with Gasteiger partial charge in [0, 0.05) is 17.1 Å². The van der Waals surface area contributed by atoms with Crippen LogP contribution in [-0.4, -0.2) is 23.0 Å².